The first-order valence-corrected chi connectivity index (χ1v) is 9.19. The summed E-state index contributed by atoms with van der Waals surface area (Å²) < 4.78 is 1.29. The number of allylic oxidation sites excluding steroid dienone is 1. The zero-order valence-electron chi connectivity index (χ0n) is 15.8. The van der Waals surface area contributed by atoms with Crippen LogP contribution in [0.2, 0.25) is 0 Å². The molecule has 3 heterocycles. The molecule has 142 valence electrons. The van der Waals surface area contributed by atoms with Crippen molar-refractivity contribution in [2.24, 2.45) is 4.99 Å². The number of carbonyl (C=O) groups excluding carboxylic acids is 1. The van der Waals surface area contributed by atoms with Gasteiger partial charge in [-0.25, -0.2) is 9.50 Å². The van der Waals surface area contributed by atoms with Gasteiger partial charge in [0.25, 0.3) is 11.5 Å². The van der Waals surface area contributed by atoms with Crippen molar-refractivity contribution in [3.63, 3.8) is 0 Å². The first-order chi connectivity index (χ1) is 13.5. The van der Waals surface area contributed by atoms with Gasteiger partial charge in [-0.15, -0.1) is 0 Å². The van der Waals surface area contributed by atoms with E-state index in [9.17, 15) is 9.59 Å². The predicted octanol–water partition coefficient (Wildman–Crippen LogP) is 3.00. The maximum Gasteiger partial charge on any atom is 0.272 e. The van der Waals surface area contributed by atoms with E-state index in [4.69, 9.17) is 0 Å². The summed E-state index contributed by atoms with van der Waals surface area (Å²) in [7, 11) is 0. The quantitative estimate of drug-likeness (QED) is 0.718. The number of aliphatic imine (C=N–C) groups is 1. The van der Waals surface area contributed by atoms with Crippen LogP contribution in [0.4, 0.5) is 5.69 Å². The second-order valence-corrected chi connectivity index (χ2v) is 6.91. The zero-order chi connectivity index (χ0) is 19.7. The summed E-state index contributed by atoms with van der Waals surface area (Å²) in [6.45, 7) is 4.84. The van der Waals surface area contributed by atoms with Crippen molar-refractivity contribution >= 4 is 23.0 Å². The summed E-state index contributed by atoms with van der Waals surface area (Å²) in [4.78, 5) is 34.1. The molecule has 1 aliphatic rings. The van der Waals surface area contributed by atoms with Gasteiger partial charge in [-0.05, 0) is 50.0 Å². The molecule has 0 saturated heterocycles. The average Bonchev–Trinajstić information content (AvgIpc) is 3.25. The van der Waals surface area contributed by atoms with Gasteiger partial charge in [0.15, 0.2) is 5.65 Å². The van der Waals surface area contributed by atoms with Gasteiger partial charge in [-0.1, -0.05) is 18.2 Å². The molecule has 2 aromatic heterocycles. The number of carbonyl (C=O) groups is 1. The Morgan fingerprint density at radius 2 is 2.00 bits per heavy atom. The number of rotatable bonds is 5. The Labute approximate surface area is 161 Å². The highest BCUT2D eigenvalue weighted by atomic mass is 16.2. The predicted molar refractivity (Wildman–Crippen MR) is 109 cm³/mol. The number of hydrogen-bond acceptors (Lipinski definition) is 4. The third-order valence-corrected chi connectivity index (χ3v) is 4.96. The van der Waals surface area contributed by atoms with Crippen LogP contribution < -0.4 is 10.9 Å². The van der Waals surface area contributed by atoms with Gasteiger partial charge in [-0.2, -0.15) is 0 Å². The first-order valence-electron chi connectivity index (χ1n) is 9.19. The Hall–Kier alpha value is -3.48. The number of benzene rings is 1. The zero-order valence-corrected chi connectivity index (χ0v) is 15.8. The summed E-state index contributed by atoms with van der Waals surface area (Å²) in [5.74, 6) is -0.314. The van der Waals surface area contributed by atoms with Crippen LogP contribution in [-0.4, -0.2) is 32.8 Å². The van der Waals surface area contributed by atoms with Crippen LogP contribution in [0.25, 0.3) is 5.65 Å². The molecule has 28 heavy (non-hydrogen) atoms. The van der Waals surface area contributed by atoms with Crippen LogP contribution in [0, 0.1) is 0 Å². The van der Waals surface area contributed by atoms with E-state index in [1.165, 1.54) is 27.9 Å². The Balaban J connectivity index is 1.61. The minimum atomic E-state index is -0.314. The molecular weight excluding hydrogens is 354 g/mol. The summed E-state index contributed by atoms with van der Waals surface area (Å²) in [5.41, 5.74) is 5.33. The van der Waals surface area contributed by atoms with Gasteiger partial charge < -0.3 is 5.32 Å². The van der Waals surface area contributed by atoms with Crippen LogP contribution in [0.1, 0.15) is 36.3 Å². The topological polar surface area (TPSA) is 91.6 Å². The van der Waals surface area contributed by atoms with E-state index in [1.54, 1.807) is 12.1 Å². The van der Waals surface area contributed by atoms with Gasteiger partial charge >= 0.3 is 0 Å². The van der Waals surface area contributed by atoms with Crippen molar-refractivity contribution in [1.29, 1.82) is 0 Å². The Morgan fingerprint density at radius 1 is 1.21 bits per heavy atom. The number of anilines is 1. The Bertz CT molecular complexity index is 1170. The minimum absolute atomic E-state index is 0.235. The normalized spacial score (nSPS) is 13.9. The molecular formula is C21H21N5O2. The smallest absolute Gasteiger partial charge is 0.272 e. The number of aromatic nitrogens is 3. The Kier molecular flexibility index (Phi) is 4.65. The largest absolute Gasteiger partial charge is 0.322 e. The first kappa shape index (κ1) is 17.9. The summed E-state index contributed by atoms with van der Waals surface area (Å²) in [6, 6.07) is 10.7. The van der Waals surface area contributed by atoms with Crippen molar-refractivity contribution in [2.45, 2.75) is 26.7 Å². The number of nitrogens with one attached hydrogen (secondary N) is 2. The molecule has 7 heteroatoms. The number of H-pyrrole nitrogens is 1. The molecule has 1 aromatic carbocycles. The van der Waals surface area contributed by atoms with Crippen molar-refractivity contribution < 1.29 is 4.79 Å². The maximum absolute atomic E-state index is 12.7. The van der Waals surface area contributed by atoms with Crippen molar-refractivity contribution in [3.05, 3.63) is 75.4 Å². The molecule has 2 N–H and O–H groups in total. The second kappa shape index (κ2) is 7.26. The highest BCUT2D eigenvalue weighted by molar-refractivity contribution is 6.08. The molecule has 0 bridgehead atoms. The summed E-state index contributed by atoms with van der Waals surface area (Å²) in [5, 5.41) is 5.64. The molecule has 0 unspecified atom stereocenters. The van der Waals surface area contributed by atoms with Crippen molar-refractivity contribution in [3.8, 4) is 0 Å². The monoisotopic (exact) mass is 375 g/mol. The van der Waals surface area contributed by atoms with Gasteiger partial charge in [0.2, 0.25) is 0 Å². The number of nitrogens with zero attached hydrogens (tertiary/aromatic N) is 3. The highest BCUT2D eigenvalue weighted by Gasteiger charge is 2.17. The highest BCUT2D eigenvalue weighted by Crippen LogP contribution is 2.20. The lowest BCUT2D eigenvalue weighted by molar-refractivity contribution is 0.102. The van der Waals surface area contributed by atoms with Crippen LogP contribution in [0.15, 0.2) is 63.5 Å². The second-order valence-electron chi connectivity index (χ2n) is 6.91. The molecule has 1 amide bonds. The number of hydrogen-bond donors (Lipinski definition) is 2. The number of aromatic amines is 1. The van der Waals surface area contributed by atoms with E-state index < -0.39 is 0 Å². The summed E-state index contributed by atoms with van der Waals surface area (Å²) >= 11 is 0. The molecule has 0 fully saturated rings. The molecule has 0 radical (unpaired) electrons. The number of fused-ring (bicyclic) bond motifs is 1. The molecule has 0 aliphatic carbocycles. The van der Waals surface area contributed by atoms with Crippen molar-refractivity contribution in [1.82, 2.24) is 14.6 Å². The third kappa shape index (κ3) is 3.38. The molecule has 0 saturated carbocycles. The van der Waals surface area contributed by atoms with Crippen molar-refractivity contribution in [2.75, 3.05) is 11.9 Å². The molecule has 1 aliphatic heterocycles. The van der Waals surface area contributed by atoms with Gasteiger partial charge in [-0.3, -0.25) is 19.7 Å². The number of amides is 1. The molecule has 4 rings (SSSR count). The van der Waals surface area contributed by atoms with E-state index in [1.807, 2.05) is 25.1 Å². The summed E-state index contributed by atoms with van der Waals surface area (Å²) in [6.07, 6.45) is 2.90. The van der Waals surface area contributed by atoms with Gasteiger partial charge in [0.05, 0.1) is 6.54 Å². The van der Waals surface area contributed by atoms with E-state index in [-0.39, 0.29) is 11.5 Å². The number of para-hydroxylation sites is 1. The van der Waals surface area contributed by atoms with Crippen LogP contribution in [0.5, 0.6) is 0 Å². The van der Waals surface area contributed by atoms with E-state index >= 15 is 0 Å². The lowest BCUT2D eigenvalue weighted by Gasteiger charge is -2.06. The maximum atomic E-state index is 12.7. The van der Waals surface area contributed by atoms with E-state index in [0.29, 0.717) is 29.0 Å². The van der Waals surface area contributed by atoms with Crippen LogP contribution >= 0.6 is 0 Å². The lowest BCUT2D eigenvalue weighted by atomic mass is 10.0. The standard InChI is InChI=1S/C21H21N5O2/c1-13-11-22-14(2)17(13)9-8-16-10-19(27)26-20(24-16)18(12-23-26)21(28)25-15-6-4-3-5-7-15/h3-7,10,12,23H,8-9,11H2,1-2H3,(H,25,28). The van der Waals surface area contributed by atoms with Crippen LogP contribution in [0.3, 0.4) is 0 Å². The molecule has 0 spiro atoms. The van der Waals surface area contributed by atoms with Gasteiger partial charge in [0.1, 0.15) is 5.56 Å². The average molecular weight is 375 g/mol. The Morgan fingerprint density at radius 3 is 2.71 bits per heavy atom. The third-order valence-electron chi connectivity index (χ3n) is 4.96. The SMILES string of the molecule is CC1=NCC(C)=C1CCc1cc(=O)n2[nH]cc(C(=O)Nc3ccccc3)c2n1. The molecule has 0 atom stereocenters. The van der Waals surface area contributed by atoms with Gasteiger partial charge in [0, 0.05) is 29.4 Å². The minimum Gasteiger partial charge on any atom is -0.322 e. The lowest BCUT2D eigenvalue weighted by Crippen LogP contribution is -2.18. The van der Waals surface area contributed by atoms with Crippen LogP contribution in [-0.2, 0) is 6.42 Å². The molecule has 3 aromatic rings. The fourth-order valence-corrected chi connectivity index (χ4v) is 3.43. The number of aryl methyl sites for hydroxylation is 1. The molecule has 7 nitrogen and oxygen atoms in total. The fourth-order valence-electron chi connectivity index (χ4n) is 3.43. The van der Waals surface area contributed by atoms with E-state index in [0.717, 1.165) is 18.7 Å². The fraction of sp³-hybridized carbons (Fsp3) is 0.238. The van der Waals surface area contributed by atoms with E-state index in [2.05, 4.69) is 27.3 Å².